The van der Waals surface area contributed by atoms with Crippen molar-refractivity contribution in [2.45, 2.75) is 43.7 Å². The SMILES string of the molecule is Cc1cc(C)c(SN(Cc2ccc(-c3cccc(SCC(=O)O)c3)cc2)Cc2cccc(C#N)c2)c(C)c1. The molecular weight excluding hydrogens is 508 g/mol. The van der Waals surface area contributed by atoms with Crippen LogP contribution in [0, 0.1) is 32.1 Å². The van der Waals surface area contributed by atoms with E-state index in [2.05, 4.69) is 73.6 Å². The minimum Gasteiger partial charge on any atom is -0.481 e. The molecule has 0 saturated carbocycles. The van der Waals surface area contributed by atoms with E-state index in [9.17, 15) is 10.1 Å². The number of benzene rings is 4. The van der Waals surface area contributed by atoms with Crippen LogP contribution in [-0.2, 0) is 17.9 Å². The second-order valence-corrected chi connectivity index (χ2v) is 11.5. The average molecular weight is 539 g/mol. The van der Waals surface area contributed by atoms with Gasteiger partial charge in [0.2, 0.25) is 0 Å². The van der Waals surface area contributed by atoms with Crippen molar-refractivity contribution >= 4 is 29.7 Å². The number of rotatable bonds is 10. The Morgan fingerprint density at radius 1 is 0.842 bits per heavy atom. The molecule has 0 aliphatic carbocycles. The number of aliphatic carboxylic acids is 1. The van der Waals surface area contributed by atoms with Crippen LogP contribution in [0.4, 0.5) is 0 Å². The van der Waals surface area contributed by atoms with Gasteiger partial charge >= 0.3 is 5.97 Å². The van der Waals surface area contributed by atoms with Gasteiger partial charge in [0.05, 0.1) is 17.4 Å². The summed E-state index contributed by atoms with van der Waals surface area (Å²) in [5, 5.41) is 18.3. The van der Waals surface area contributed by atoms with Gasteiger partial charge in [0.1, 0.15) is 0 Å². The van der Waals surface area contributed by atoms with E-state index in [-0.39, 0.29) is 5.75 Å². The Kier molecular flexibility index (Phi) is 9.30. The molecule has 0 aliphatic heterocycles. The van der Waals surface area contributed by atoms with Crippen LogP contribution in [0.3, 0.4) is 0 Å². The van der Waals surface area contributed by atoms with Gasteiger partial charge in [-0.25, -0.2) is 4.31 Å². The van der Waals surface area contributed by atoms with Gasteiger partial charge in [0, 0.05) is 22.9 Å². The molecule has 192 valence electrons. The maximum atomic E-state index is 10.9. The number of aryl methyl sites for hydroxylation is 3. The predicted molar refractivity (Wildman–Crippen MR) is 157 cm³/mol. The topological polar surface area (TPSA) is 64.3 Å². The Labute approximate surface area is 233 Å². The number of carboxylic acid groups (broad SMARTS) is 1. The number of carbonyl (C=O) groups is 1. The van der Waals surface area contributed by atoms with E-state index in [1.165, 1.54) is 38.9 Å². The van der Waals surface area contributed by atoms with Crippen LogP contribution < -0.4 is 0 Å². The van der Waals surface area contributed by atoms with Crippen molar-refractivity contribution in [1.82, 2.24) is 4.31 Å². The van der Waals surface area contributed by atoms with Crippen LogP contribution >= 0.6 is 23.7 Å². The van der Waals surface area contributed by atoms with Crippen LogP contribution in [0.5, 0.6) is 0 Å². The van der Waals surface area contributed by atoms with E-state index in [1.54, 1.807) is 11.9 Å². The summed E-state index contributed by atoms with van der Waals surface area (Å²) in [6.45, 7) is 7.89. The molecule has 0 unspecified atom stereocenters. The summed E-state index contributed by atoms with van der Waals surface area (Å²) in [4.78, 5) is 13.1. The van der Waals surface area contributed by atoms with E-state index < -0.39 is 5.97 Å². The quantitative estimate of drug-likeness (QED) is 0.163. The molecule has 4 aromatic carbocycles. The van der Waals surface area contributed by atoms with E-state index in [0.717, 1.165) is 28.1 Å². The number of hydrogen-bond donors (Lipinski definition) is 1. The smallest absolute Gasteiger partial charge is 0.313 e. The molecule has 4 rings (SSSR count). The van der Waals surface area contributed by atoms with Crippen molar-refractivity contribution in [3.63, 3.8) is 0 Å². The molecule has 0 atom stereocenters. The number of hydrogen-bond acceptors (Lipinski definition) is 5. The molecule has 0 amide bonds. The summed E-state index contributed by atoms with van der Waals surface area (Å²) in [6, 6.07) is 31.0. The lowest BCUT2D eigenvalue weighted by atomic mass is 10.0. The normalized spacial score (nSPS) is 10.9. The summed E-state index contributed by atoms with van der Waals surface area (Å²) in [7, 11) is 0. The first-order valence-electron chi connectivity index (χ1n) is 12.3. The monoisotopic (exact) mass is 538 g/mol. The molecule has 0 bridgehead atoms. The summed E-state index contributed by atoms with van der Waals surface area (Å²) in [5.74, 6) is -0.768. The molecule has 0 radical (unpaired) electrons. The number of carboxylic acids is 1. The lowest BCUT2D eigenvalue weighted by Crippen LogP contribution is -2.15. The van der Waals surface area contributed by atoms with E-state index >= 15 is 0 Å². The Hall–Kier alpha value is -3.50. The number of thioether (sulfide) groups is 1. The fourth-order valence-electron chi connectivity index (χ4n) is 4.42. The van der Waals surface area contributed by atoms with Crippen molar-refractivity contribution in [2.75, 3.05) is 5.75 Å². The van der Waals surface area contributed by atoms with Gasteiger partial charge in [0.25, 0.3) is 0 Å². The fraction of sp³-hybridized carbons (Fsp3) is 0.188. The highest BCUT2D eigenvalue weighted by Gasteiger charge is 2.14. The molecule has 0 fully saturated rings. The second kappa shape index (κ2) is 12.8. The highest BCUT2D eigenvalue weighted by Crippen LogP contribution is 2.33. The summed E-state index contributed by atoms with van der Waals surface area (Å²) < 4.78 is 2.35. The van der Waals surface area contributed by atoms with Gasteiger partial charge in [-0.05, 0) is 90.4 Å². The van der Waals surface area contributed by atoms with Gasteiger partial charge in [-0.2, -0.15) is 5.26 Å². The third kappa shape index (κ3) is 7.52. The third-order valence-electron chi connectivity index (χ3n) is 6.08. The van der Waals surface area contributed by atoms with Gasteiger partial charge in [-0.3, -0.25) is 4.79 Å². The summed E-state index contributed by atoms with van der Waals surface area (Å²) >= 11 is 3.09. The molecule has 4 aromatic rings. The molecule has 0 aromatic heterocycles. The predicted octanol–water partition coefficient (Wildman–Crippen LogP) is 8.04. The minimum absolute atomic E-state index is 0.0487. The molecule has 38 heavy (non-hydrogen) atoms. The molecule has 4 nitrogen and oxygen atoms in total. The zero-order valence-electron chi connectivity index (χ0n) is 21.8. The van der Waals surface area contributed by atoms with Gasteiger partial charge < -0.3 is 5.11 Å². The standard InChI is InChI=1S/C32H30N2O2S2/c1-22-14-23(2)32(24(3)15-22)38-34(20-27-7-4-6-26(16-27)18-33)19-25-10-12-28(13-11-25)29-8-5-9-30(17-29)37-21-31(35)36/h4-17H,19-21H2,1-3H3,(H,35,36). The third-order valence-corrected chi connectivity index (χ3v) is 8.40. The lowest BCUT2D eigenvalue weighted by Gasteiger charge is -2.24. The largest absolute Gasteiger partial charge is 0.481 e. The Bertz CT molecular complexity index is 1450. The maximum absolute atomic E-state index is 10.9. The number of nitrogens with zero attached hydrogens (tertiary/aromatic N) is 2. The fourth-order valence-corrected chi connectivity index (χ4v) is 6.19. The van der Waals surface area contributed by atoms with Crippen molar-refractivity contribution in [3.8, 4) is 17.2 Å². The lowest BCUT2D eigenvalue weighted by molar-refractivity contribution is -0.133. The van der Waals surface area contributed by atoms with Gasteiger partial charge in [0.15, 0.2) is 0 Å². The van der Waals surface area contributed by atoms with Crippen LogP contribution in [0.2, 0.25) is 0 Å². The van der Waals surface area contributed by atoms with Crippen molar-refractivity contribution in [1.29, 1.82) is 5.26 Å². The maximum Gasteiger partial charge on any atom is 0.313 e. The second-order valence-electron chi connectivity index (χ2n) is 9.34. The average Bonchev–Trinajstić information content (AvgIpc) is 2.90. The molecule has 0 heterocycles. The van der Waals surface area contributed by atoms with Crippen LogP contribution in [0.1, 0.15) is 33.4 Å². The molecule has 1 N–H and O–H groups in total. The van der Waals surface area contributed by atoms with Crippen LogP contribution in [-0.4, -0.2) is 21.1 Å². The minimum atomic E-state index is -0.817. The van der Waals surface area contributed by atoms with E-state index in [4.69, 9.17) is 5.11 Å². The Morgan fingerprint density at radius 2 is 1.53 bits per heavy atom. The first-order valence-corrected chi connectivity index (χ1v) is 14.1. The van der Waals surface area contributed by atoms with Crippen LogP contribution in [0.25, 0.3) is 11.1 Å². The first-order chi connectivity index (χ1) is 18.3. The zero-order valence-corrected chi connectivity index (χ0v) is 23.4. The Morgan fingerprint density at radius 3 is 2.21 bits per heavy atom. The molecule has 0 aliphatic rings. The zero-order chi connectivity index (χ0) is 27.1. The van der Waals surface area contributed by atoms with Crippen molar-refractivity contribution < 1.29 is 9.90 Å². The highest BCUT2D eigenvalue weighted by molar-refractivity contribution is 8.00. The van der Waals surface area contributed by atoms with E-state index in [0.29, 0.717) is 12.1 Å². The van der Waals surface area contributed by atoms with Gasteiger partial charge in [-0.15, -0.1) is 11.8 Å². The summed E-state index contributed by atoms with van der Waals surface area (Å²) in [5.41, 5.74) is 8.92. The summed E-state index contributed by atoms with van der Waals surface area (Å²) in [6.07, 6.45) is 0. The molecular formula is C32H30N2O2S2. The number of nitriles is 1. The van der Waals surface area contributed by atoms with Crippen molar-refractivity contribution in [3.05, 3.63) is 118 Å². The molecule has 0 spiro atoms. The first kappa shape index (κ1) is 27.5. The highest BCUT2D eigenvalue weighted by atomic mass is 32.2. The van der Waals surface area contributed by atoms with Gasteiger partial charge in [-0.1, -0.05) is 66.2 Å². The molecule has 0 saturated heterocycles. The van der Waals surface area contributed by atoms with Crippen LogP contribution in [0.15, 0.2) is 94.7 Å². The molecule has 6 heteroatoms. The Balaban J connectivity index is 1.56. The van der Waals surface area contributed by atoms with E-state index in [1.807, 2.05) is 42.5 Å². The van der Waals surface area contributed by atoms with Crippen molar-refractivity contribution in [2.24, 2.45) is 0 Å².